The van der Waals surface area contributed by atoms with Crippen LogP contribution in [0, 0.1) is 0 Å². The lowest BCUT2D eigenvalue weighted by Gasteiger charge is -2.28. The van der Waals surface area contributed by atoms with Crippen LogP contribution in [0.2, 0.25) is 5.02 Å². The van der Waals surface area contributed by atoms with Gasteiger partial charge in [-0.15, -0.1) is 0 Å². The van der Waals surface area contributed by atoms with Crippen LogP contribution in [0.25, 0.3) is 10.8 Å². The fourth-order valence-electron chi connectivity index (χ4n) is 2.90. The molecule has 0 aliphatic heterocycles. The Hall–Kier alpha value is -2.19. The number of fused-ring (bicyclic) bond motifs is 1. The molecule has 2 nitrogen and oxygen atoms in total. The molecule has 23 heavy (non-hydrogen) atoms. The average molecular weight is 325 g/mol. The SMILES string of the molecule is CC(C)(Cc1ccc2ccccc2c1)Nc1ccc(N)cc1Cl. The van der Waals surface area contributed by atoms with Crippen LogP contribution in [0.1, 0.15) is 19.4 Å². The molecule has 0 aliphatic carbocycles. The predicted molar refractivity (Wildman–Crippen MR) is 101 cm³/mol. The van der Waals surface area contributed by atoms with Crippen molar-refractivity contribution in [3.05, 3.63) is 71.2 Å². The van der Waals surface area contributed by atoms with Crippen LogP contribution >= 0.6 is 11.6 Å². The maximum absolute atomic E-state index is 6.27. The Morgan fingerprint density at radius 3 is 2.43 bits per heavy atom. The number of rotatable bonds is 4. The number of halogens is 1. The summed E-state index contributed by atoms with van der Waals surface area (Å²) in [5, 5.41) is 6.71. The van der Waals surface area contributed by atoms with E-state index in [2.05, 4.69) is 61.6 Å². The van der Waals surface area contributed by atoms with Crippen molar-refractivity contribution in [3.8, 4) is 0 Å². The number of nitrogens with one attached hydrogen (secondary N) is 1. The molecule has 3 aromatic carbocycles. The van der Waals surface area contributed by atoms with Crippen LogP contribution in [0.3, 0.4) is 0 Å². The first kappa shape index (κ1) is 15.7. The Morgan fingerprint density at radius 1 is 0.957 bits per heavy atom. The molecule has 3 heteroatoms. The van der Waals surface area contributed by atoms with E-state index in [0.29, 0.717) is 10.7 Å². The maximum atomic E-state index is 6.27. The summed E-state index contributed by atoms with van der Waals surface area (Å²) in [5.41, 5.74) is 8.51. The first-order chi connectivity index (χ1) is 10.9. The summed E-state index contributed by atoms with van der Waals surface area (Å²) in [6.45, 7) is 4.35. The molecule has 3 N–H and O–H groups in total. The van der Waals surface area contributed by atoms with Crippen LogP contribution in [0.5, 0.6) is 0 Å². The lowest BCUT2D eigenvalue weighted by molar-refractivity contribution is 0.564. The minimum atomic E-state index is -0.123. The van der Waals surface area contributed by atoms with Crippen molar-refractivity contribution >= 4 is 33.7 Å². The highest BCUT2D eigenvalue weighted by Crippen LogP contribution is 2.28. The van der Waals surface area contributed by atoms with E-state index < -0.39 is 0 Å². The predicted octanol–water partition coefficient (Wildman–Crippen LogP) is 5.51. The number of benzene rings is 3. The summed E-state index contributed by atoms with van der Waals surface area (Å²) in [6.07, 6.45) is 0.901. The molecule has 0 radical (unpaired) electrons. The fraction of sp³-hybridized carbons (Fsp3) is 0.200. The normalized spacial score (nSPS) is 11.6. The molecule has 0 saturated heterocycles. The Bertz CT molecular complexity index is 840. The summed E-state index contributed by atoms with van der Waals surface area (Å²) >= 11 is 6.27. The van der Waals surface area contributed by atoms with Gasteiger partial charge in [0.05, 0.1) is 10.7 Å². The van der Waals surface area contributed by atoms with Crippen molar-refractivity contribution in [2.24, 2.45) is 0 Å². The molecule has 0 amide bonds. The van der Waals surface area contributed by atoms with E-state index in [9.17, 15) is 0 Å². The molecular formula is C20H21ClN2. The summed E-state index contributed by atoms with van der Waals surface area (Å²) in [5.74, 6) is 0. The summed E-state index contributed by atoms with van der Waals surface area (Å²) in [6, 6.07) is 20.6. The van der Waals surface area contributed by atoms with Crippen LogP contribution < -0.4 is 11.1 Å². The summed E-state index contributed by atoms with van der Waals surface area (Å²) in [4.78, 5) is 0. The van der Waals surface area contributed by atoms with Crippen LogP contribution in [-0.2, 0) is 6.42 Å². The first-order valence-corrected chi connectivity index (χ1v) is 8.12. The van der Waals surface area contributed by atoms with Gasteiger partial charge in [-0.25, -0.2) is 0 Å². The van der Waals surface area contributed by atoms with Gasteiger partial charge in [0.1, 0.15) is 0 Å². The zero-order valence-corrected chi connectivity index (χ0v) is 14.2. The second-order valence-corrected chi connectivity index (χ2v) is 7.01. The summed E-state index contributed by atoms with van der Waals surface area (Å²) < 4.78 is 0. The molecule has 0 spiro atoms. The molecule has 0 fully saturated rings. The smallest absolute Gasteiger partial charge is 0.0658 e. The third kappa shape index (κ3) is 3.77. The average Bonchev–Trinajstić information content (AvgIpc) is 2.49. The van der Waals surface area contributed by atoms with Crippen molar-refractivity contribution < 1.29 is 0 Å². The van der Waals surface area contributed by atoms with Gasteiger partial charge >= 0.3 is 0 Å². The van der Waals surface area contributed by atoms with Gasteiger partial charge in [0, 0.05) is 11.2 Å². The van der Waals surface area contributed by atoms with Crippen molar-refractivity contribution in [3.63, 3.8) is 0 Å². The molecule has 0 saturated carbocycles. The Labute approximate surface area is 142 Å². The topological polar surface area (TPSA) is 38.0 Å². The third-order valence-electron chi connectivity index (χ3n) is 3.93. The van der Waals surface area contributed by atoms with Gasteiger partial charge in [-0.2, -0.15) is 0 Å². The number of nitrogen functional groups attached to an aromatic ring is 1. The van der Waals surface area contributed by atoms with Gasteiger partial charge in [-0.1, -0.05) is 54.1 Å². The van der Waals surface area contributed by atoms with Gasteiger partial charge in [0.25, 0.3) is 0 Å². The number of anilines is 2. The van der Waals surface area contributed by atoms with E-state index in [-0.39, 0.29) is 5.54 Å². The second kappa shape index (κ2) is 6.13. The van der Waals surface area contributed by atoms with Crippen molar-refractivity contribution in [1.82, 2.24) is 0 Å². The molecular weight excluding hydrogens is 304 g/mol. The van der Waals surface area contributed by atoms with Gasteiger partial charge < -0.3 is 11.1 Å². The lowest BCUT2D eigenvalue weighted by atomic mass is 9.93. The van der Waals surface area contributed by atoms with Gasteiger partial charge in [0.15, 0.2) is 0 Å². The molecule has 118 valence electrons. The van der Waals surface area contributed by atoms with Crippen molar-refractivity contribution in [1.29, 1.82) is 0 Å². The van der Waals surface area contributed by atoms with E-state index in [1.807, 2.05) is 12.1 Å². The van der Waals surface area contributed by atoms with Gasteiger partial charge in [-0.3, -0.25) is 0 Å². The highest BCUT2D eigenvalue weighted by atomic mass is 35.5. The minimum Gasteiger partial charge on any atom is -0.399 e. The van der Waals surface area contributed by atoms with E-state index >= 15 is 0 Å². The molecule has 3 aromatic rings. The second-order valence-electron chi connectivity index (χ2n) is 6.61. The van der Waals surface area contributed by atoms with E-state index in [1.54, 1.807) is 6.07 Å². The standard InChI is InChI=1S/C20H21ClN2/c1-20(2,23-19-10-9-17(22)12-18(19)21)13-14-7-8-15-5-3-4-6-16(15)11-14/h3-12,23H,13,22H2,1-2H3. The molecule has 0 unspecified atom stereocenters. The minimum absolute atomic E-state index is 0.123. The zero-order valence-electron chi connectivity index (χ0n) is 13.4. The van der Waals surface area contributed by atoms with E-state index in [4.69, 9.17) is 17.3 Å². The molecule has 0 aromatic heterocycles. The van der Waals surface area contributed by atoms with E-state index in [0.717, 1.165) is 12.1 Å². The third-order valence-corrected chi connectivity index (χ3v) is 4.24. The Morgan fingerprint density at radius 2 is 1.70 bits per heavy atom. The highest BCUT2D eigenvalue weighted by molar-refractivity contribution is 6.33. The molecule has 3 rings (SSSR count). The highest BCUT2D eigenvalue weighted by Gasteiger charge is 2.19. The quantitative estimate of drug-likeness (QED) is 0.621. The summed E-state index contributed by atoms with van der Waals surface area (Å²) in [7, 11) is 0. The number of hydrogen-bond acceptors (Lipinski definition) is 2. The number of hydrogen-bond donors (Lipinski definition) is 2. The lowest BCUT2D eigenvalue weighted by Crippen LogP contribution is -2.33. The Kier molecular flexibility index (Phi) is 4.18. The monoisotopic (exact) mass is 324 g/mol. The van der Waals surface area contributed by atoms with Crippen molar-refractivity contribution in [2.45, 2.75) is 25.8 Å². The fourth-order valence-corrected chi connectivity index (χ4v) is 3.14. The van der Waals surface area contributed by atoms with Crippen LogP contribution in [0.15, 0.2) is 60.7 Å². The molecule has 0 aliphatic rings. The maximum Gasteiger partial charge on any atom is 0.0658 e. The zero-order chi connectivity index (χ0) is 16.4. The molecule has 0 atom stereocenters. The first-order valence-electron chi connectivity index (χ1n) is 7.74. The van der Waals surface area contributed by atoms with Crippen molar-refractivity contribution in [2.75, 3.05) is 11.1 Å². The van der Waals surface area contributed by atoms with Crippen LogP contribution in [0.4, 0.5) is 11.4 Å². The number of nitrogens with two attached hydrogens (primary N) is 1. The Balaban J connectivity index is 1.81. The van der Waals surface area contributed by atoms with E-state index in [1.165, 1.54) is 16.3 Å². The van der Waals surface area contributed by atoms with Crippen LogP contribution in [-0.4, -0.2) is 5.54 Å². The molecule has 0 heterocycles. The molecule has 0 bridgehead atoms. The van der Waals surface area contributed by atoms with Gasteiger partial charge in [0.2, 0.25) is 0 Å². The van der Waals surface area contributed by atoms with Gasteiger partial charge in [-0.05, 0) is 54.8 Å². The largest absolute Gasteiger partial charge is 0.399 e.